The standard InChI is InChI=1S/C9H8O4.Cu/c10-8(11)7(9(12)13)6-4-2-1-3-5-6;/h1-5,7H,(H,10,11)(H,12,13);. The van der Waals surface area contributed by atoms with Gasteiger partial charge in [0.25, 0.3) is 0 Å². The van der Waals surface area contributed by atoms with Gasteiger partial charge in [-0.15, -0.1) is 0 Å². The summed E-state index contributed by atoms with van der Waals surface area (Å²) in [5.41, 5.74) is 0.280. The SMILES string of the molecule is O=C(O)C(C(=O)O)c1ccccc1.[Cu]. The van der Waals surface area contributed by atoms with Crippen molar-refractivity contribution in [3.63, 3.8) is 0 Å². The molecule has 0 bridgehead atoms. The Bertz CT molecular complexity index is 309. The Balaban J connectivity index is 0.00000169. The van der Waals surface area contributed by atoms with E-state index in [9.17, 15) is 9.59 Å². The van der Waals surface area contributed by atoms with E-state index >= 15 is 0 Å². The first kappa shape index (κ1) is 12.7. The van der Waals surface area contributed by atoms with Crippen LogP contribution in [-0.4, -0.2) is 22.2 Å². The Morgan fingerprint density at radius 1 is 1.00 bits per heavy atom. The summed E-state index contributed by atoms with van der Waals surface area (Å²) in [5.74, 6) is -4.17. The zero-order valence-electron chi connectivity index (χ0n) is 6.98. The molecule has 0 aromatic heterocycles. The molecule has 79 valence electrons. The predicted molar refractivity (Wildman–Crippen MR) is 44.5 cm³/mol. The summed E-state index contributed by atoms with van der Waals surface area (Å²) in [6.07, 6.45) is 0. The molecule has 1 radical (unpaired) electrons. The molecule has 0 amide bonds. The summed E-state index contributed by atoms with van der Waals surface area (Å²) in [7, 11) is 0. The van der Waals surface area contributed by atoms with Crippen molar-refractivity contribution >= 4 is 11.9 Å². The number of carboxylic acids is 2. The van der Waals surface area contributed by atoms with Crippen molar-refractivity contribution in [2.45, 2.75) is 5.92 Å². The number of aliphatic carboxylic acids is 2. The molecule has 0 heterocycles. The van der Waals surface area contributed by atoms with Crippen molar-refractivity contribution < 1.29 is 36.9 Å². The topological polar surface area (TPSA) is 74.6 Å². The summed E-state index contributed by atoms with van der Waals surface area (Å²) >= 11 is 0. The van der Waals surface area contributed by atoms with E-state index in [1.54, 1.807) is 18.2 Å². The Morgan fingerprint density at radius 3 is 1.79 bits per heavy atom. The normalized spacial score (nSPS) is 9.21. The van der Waals surface area contributed by atoms with E-state index in [4.69, 9.17) is 10.2 Å². The molecule has 0 aliphatic heterocycles. The Labute approximate surface area is 91.0 Å². The molecule has 1 aromatic rings. The fourth-order valence-electron chi connectivity index (χ4n) is 1.04. The van der Waals surface area contributed by atoms with E-state index < -0.39 is 17.9 Å². The molecule has 14 heavy (non-hydrogen) atoms. The maximum absolute atomic E-state index is 10.6. The Hall–Kier alpha value is -1.32. The Kier molecular flexibility index (Phi) is 4.91. The van der Waals surface area contributed by atoms with Crippen molar-refractivity contribution in [1.82, 2.24) is 0 Å². The van der Waals surface area contributed by atoms with Crippen molar-refractivity contribution in [3.8, 4) is 0 Å². The van der Waals surface area contributed by atoms with Crippen LogP contribution >= 0.6 is 0 Å². The third kappa shape index (κ3) is 2.87. The minimum absolute atomic E-state index is 0. The summed E-state index contributed by atoms with van der Waals surface area (Å²) in [5, 5.41) is 17.2. The van der Waals surface area contributed by atoms with Gasteiger partial charge < -0.3 is 10.2 Å². The second-order valence-corrected chi connectivity index (χ2v) is 2.52. The van der Waals surface area contributed by atoms with Gasteiger partial charge in [0.15, 0.2) is 5.92 Å². The summed E-state index contributed by atoms with van der Waals surface area (Å²) in [4.78, 5) is 21.1. The molecule has 0 atom stereocenters. The van der Waals surface area contributed by atoms with Crippen LogP contribution in [0, 0.1) is 0 Å². The number of hydrogen-bond donors (Lipinski definition) is 2. The summed E-state index contributed by atoms with van der Waals surface area (Å²) in [6, 6.07) is 7.87. The van der Waals surface area contributed by atoms with E-state index in [-0.39, 0.29) is 22.6 Å². The number of rotatable bonds is 3. The maximum Gasteiger partial charge on any atom is 0.322 e. The minimum atomic E-state index is -1.47. The largest absolute Gasteiger partial charge is 0.480 e. The van der Waals surface area contributed by atoms with Crippen LogP contribution in [-0.2, 0) is 26.7 Å². The van der Waals surface area contributed by atoms with Crippen LogP contribution in [0.15, 0.2) is 30.3 Å². The van der Waals surface area contributed by atoms with Crippen molar-refractivity contribution in [3.05, 3.63) is 35.9 Å². The monoisotopic (exact) mass is 243 g/mol. The average Bonchev–Trinajstić information content (AvgIpc) is 2.04. The van der Waals surface area contributed by atoms with E-state index in [2.05, 4.69) is 0 Å². The van der Waals surface area contributed by atoms with Gasteiger partial charge in [0.1, 0.15) is 0 Å². The molecule has 0 aliphatic rings. The molecule has 0 aliphatic carbocycles. The first-order valence-corrected chi connectivity index (χ1v) is 3.63. The third-order valence-electron chi connectivity index (χ3n) is 1.63. The van der Waals surface area contributed by atoms with Gasteiger partial charge in [-0.25, -0.2) is 0 Å². The summed E-state index contributed by atoms with van der Waals surface area (Å²) < 4.78 is 0. The molecular weight excluding hydrogens is 236 g/mol. The van der Waals surface area contributed by atoms with Crippen LogP contribution in [0.25, 0.3) is 0 Å². The van der Waals surface area contributed by atoms with Gasteiger partial charge in [-0.2, -0.15) is 0 Å². The number of carbonyl (C=O) groups is 2. The van der Waals surface area contributed by atoms with Gasteiger partial charge in [-0.1, -0.05) is 30.3 Å². The first-order chi connectivity index (χ1) is 6.13. The van der Waals surface area contributed by atoms with Gasteiger partial charge in [-0.3, -0.25) is 9.59 Å². The van der Waals surface area contributed by atoms with Crippen molar-refractivity contribution in [2.75, 3.05) is 0 Å². The fourth-order valence-corrected chi connectivity index (χ4v) is 1.04. The number of hydrogen-bond acceptors (Lipinski definition) is 2. The molecule has 0 fully saturated rings. The molecule has 0 spiro atoms. The van der Waals surface area contributed by atoms with E-state index in [0.717, 1.165) is 0 Å². The first-order valence-electron chi connectivity index (χ1n) is 3.63. The van der Waals surface area contributed by atoms with Crippen molar-refractivity contribution in [2.24, 2.45) is 0 Å². The van der Waals surface area contributed by atoms with Gasteiger partial charge >= 0.3 is 11.9 Å². The van der Waals surface area contributed by atoms with Crippen LogP contribution in [0.5, 0.6) is 0 Å². The molecular formula is C9H8CuO4. The van der Waals surface area contributed by atoms with Crippen LogP contribution in [0.4, 0.5) is 0 Å². The van der Waals surface area contributed by atoms with Crippen molar-refractivity contribution in [1.29, 1.82) is 0 Å². The number of benzene rings is 1. The zero-order valence-corrected chi connectivity index (χ0v) is 7.92. The third-order valence-corrected chi connectivity index (χ3v) is 1.63. The van der Waals surface area contributed by atoms with E-state index in [0.29, 0.717) is 0 Å². The fraction of sp³-hybridized carbons (Fsp3) is 0.111. The van der Waals surface area contributed by atoms with Gasteiger partial charge in [-0.05, 0) is 5.56 Å². The minimum Gasteiger partial charge on any atom is -0.480 e. The van der Waals surface area contributed by atoms with Crippen LogP contribution < -0.4 is 0 Å². The second kappa shape index (κ2) is 5.42. The van der Waals surface area contributed by atoms with E-state index in [1.807, 2.05) is 0 Å². The van der Waals surface area contributed by atoms with Gasteiger partial charge in [0.2, 0.25) is 0 Å². The molecule has 0 saturated heterocycles. The molecule has 2 N–H and O–H groups in total. The molecule has 1 aromatic carbocycles. The molecule has 4 nitrogen and oxygen atoms in total. The predicted octanol–water partition coefficient (Wildman–Crippen LogP) is 0.937. The van der Waals surface area contributed by atoms with Gasteiger partial charge in [0.05, 0.1) is 0 Å². The molecule has 1 rings (SSSR count). The van der Waals surface area contributed by atoms with E-state index in [1.165, 1.54) is 12.1 Å². The molecule has 0 unspecified atom stereocenters. The average molecular weight is 244 g/mol. The molecule has 5 heteroatoms. The van der Waals surface area contributed by atoms with Crippen LogP contribution in [0.1, 0.15) is 11.5 Å². The summed E-state index contributed by atoms with van der Waals surface area (Å²) in [6.45, 7) is 0. The maximum atomic E-state index is 10.6. The number of carboxylic acid groups (broad SMARTS) is 2. The Morgan fingerprint density at radius 2 is 1.43 bits per heavy atom. The van der Waals surface area contributed by atoms with Crippen LogP contribution in [0.2, 0.25) is 0 Å². The smallest absolute Gasteiger partial charge is 0.322 e. The van der Waals surface area contributed by atoms with Crippen LogP contribution in [0.3, 0.4) is 0 Å². The quantitative estimate of drug-likeness (QED) is 0.612. The zero-order chi connectivity index (χ0) is 9.84. The second-order valence-electron chi connectivity index (χ2n) is 2.52. The molecule has 0 saturated carbocycles. The van der Waals surface area contributed by atoms with Gasteiger partial charge in [0, 0.05) is 17.1 Å².